The van der Waals surface area contributed by atoms with Crippen molar-refractivity contribution in [3.63, 3.8) is 0 Å². The number of hydrogen-bond donors (Lipinski definition) is 0. The van der Waals surface area contributed by atoms with Gasteiger partial charge in [0, 0.05) is 12.1 Å². The molecule has 0 atom stereocenters. The first kappa shape index (κ1) is 17.3. The first-order chi connectivity index (χ1) is 13.0. The van der Waals surface area contributed by atoms with Gasteiger partial charge >= 0.3 is 0 Å². The molecule has 7 heteroatoms. The van der Waals surface area contributed by atoms with E-state index in [2.05, 4.69) is 5.10 Å². The van der Waals surface area contributed by atoms with Crippen molar-refractivity contribution in [3.8, 4) is 11.1 Å². The van der Waals surface area contributed by atoms with Crippen molar-refractivity contribution in [2.24, 2.45) is 0 Å². The van der Waals surface area contributed by atoms with Gasteiger partial charge in [-0.15, -0.1) is 0 Å². The van der Waals surface area contributed by atoms with Crippen LogP contribution in [0.15, 0.2) is 48.7 Å². The van der Waals surface area contributed by atoms with E-state index in [9.17, 15) is 18.0 Å². The highest BCUT2D eigenvalue weighted by atomic mass is 19.2. The third kappa shape index (κ3) is 3.45. The Bertz CT molecular complexity index is 998. The maximum absolute atomic E-state index is 13.4. The molecule has 1 aliphatic rings. The molecule has 2 aromatic carbocycles. The third-order valence-corrected chi connectivity index (χ3v) is 4.72. The zero-order valence-corrected chi connectivity index (χ0v) is 14.3. The lowest BCUT2D eigenvalue weighted by atomic mass is 10.0. The first-order valence-electron chi connectivity index (χ1n) is 8.53. The number of fused-ring (bicyclic) bond motifs is 1. The van der Waals surface area contributed by atoms with Gasteiger partial charge in [0.2, 0.25) is 5.91 Å². The highest BCUT2D eigenvalue weighted by Crippen LogP contribution is 2.27. The predicted molar refractivity (Wildman–Crippen MR) is 93.1 cm³/mol. The van der Waals surface area contributed by atoms with Gasteiger partial charge in [-0.2, -0.15) is 5.10 Å². The molecule has 0 aliphatic carbocycles. The number of rotatable bonds is 3. The van der Waals surface area contributed by atoms with Gasteiger partial charge < -0.3 is 4.90 Å². The number of benzene rings is 2. The summed E-state index contributed by atoms with van der Waals surface area (Å²) in [7, 11) is 0. The van der Waals surface area contributed by atoms with E-state index in [0.717, 1.165) is 29.0 Å². The molecule has 0 saturated carbocycles. The van der Waals surface area contributed by atoms with E-state index in [1.54, 1.807) is 23.2 Å². The Balaban J connectivity index is 1.53. The summed E-state index contributed by atoms with van der Waals surface area (Å²) in [6, 6.07) is 9.60. The molecular formula is C20H16F3N3O. The second kappa shape index (κ2) is 6.90. The maximum atomic E-state index is 13.4. The average molecular weight is 371 g/mol. The molecule has 3 aromatic rings. The van der Waals surface area contributed by atoms with Crippen molar-refractivity contribution >= 4 is 5.91 Å². The molecule has 2 heterocycles. The molecule has 4 rings (SSSR count). The summed E-state index contributed by atoms with van der Waals surface area (Å²) in [6.07, 6.45) is 1.71. The summed E-state index contributed by atoms with van der Waals surface area (Å²) in [5.74, 6) is -2.38. The molecule has 1 amide bonds. The van der Waals surface area contributed by atoms with Crippen molar-refractivity contribution < 1.29 is 18.0 Å². The molecule has 0 spiro atoms. The zero-order chi connectivity index (χ0) is 19.0. The van der Waals surface area contributed by atoms with Gasteiger partial charge in [0.1, 0.15) is 5.82 Å². The largest absolute Gasteiger partial charge is 0.335 e. The topological polar surface area (TPSA) is 38.1 Å². The van der Waals surface area contributed by atoms with Crippen molar-refractivity contribution in [2.45, 2.75) is 19.5 Å². The van der Waals surface area contributed by atoms with Crippen molar-refractivity contribution in [2.75, 3.05) is 6.54 Å². The minimum Gasteiger partial charge on any atom is -0.335 e. The molecule has 0 bridgehead atoms. The molecular weight excluding hydrogens is 355 g/mol. The molecule has 0 N–H and O–H groups in total. The summed E-state index contributed by atoms with van der Waals surface area (Å²) >= 11 is 0. The Morgan fingerprint density at radius 2 is 1.78 bits per heavy atom. The van der Waals surface area contributed by atoms with Crippen molar-refractivity contribution in [3.05, 3.63) is 77.4 Å². The minimum atomic E-state index is -0.962. The Hall–Kier alpha value is -3.09. The summed E-state index contributed by atoms with van der Waals surface area (Å²) in [5.41, 5.74) is 2.97. The molecule has 0 radical (unpaired) electrons. The van der Waals surface area contributed by atoms with E-state index >= 15 is 0 Å². The van der Waals surface area contributed by atoms with E-state index in [-0.39, 0.29) is 18.1 Å². The second-order valence-electron chi connectivity index (χ2n) is 6.48. The van der Waals surface area contributed by atoms with Gasteiger partial charge in [-0.05, 0) is 35.4 Å². The normalized spacial score (nSPS) is 13.5. The van der Waals surface area contributed by atoms with Gasteiger partial charge in [0.15, 0.2) is 11.6 Å². The van der Waals surface area contributed by atoms with E-state index in [1.165, 1.54) is 18.2 Å². The fourth-order valence-corrected chi connectivity index (χ4v) is 3.26. The van der Waals surface area contributed by atoms with Crippen LogP contribution in [0, 0.1) is 17.5 Å². The Labute approximate surface area is 153 Å². The lowest BCUT2D eigenvalue weighted by molar-refractivity contribution is -0.131. The fourth-order valence-electron chi connectivity index (χ4n) is 3.26. The van der Waals surface area contributed by atoms with Gasteiger partial charge in [-0.1, -0.05) is 18.2 Å². The number of carbonyl (C=O) groups is 1. The average Bonchev–Trinajstić information content (AvgIpc) is 3.08. The lowest BCUT2D eigenvalue weighted by Gasteiger charge is -2.28. The number of hydrogen-bond acceptors (Lipinski definition) is 2. The quantitative estimate of drug-likeness (QED) is 0.706. The van der Waals surface area contributed by atoms with Crippen LogP contribution in [0.3, 0.4) is 0 Å². The van der Waals surface area contributed by atoms with Crippen LogP contribution in [0.5, 0.6) is 0 Å². The van der Waals surface area contributed by atoms with E-state index < -0.39 is 11.6 Å². The number of amides is 1. The van der Waals surface area contributed by atoms with Crippen LogP contribution in [0.4, 0.5) is 13.2 Å². The van der Waals surface area contributed by atoms with Crippen LogP contribution in [0.1, 0.15) is 11.3 Å². The van der Waals surface area contributed by atoms with Crippen LogP contribution in [-0.2, 0) is 24.3 Å². The molecule has 0 unspecified atom stereocenters. The molecule has 27 heavy (non-hydrogen) atoms. The number of aromatic nitrogens is 2. The van der Waals surface area contributed by atoms with Gasteiger partial charge in [-0.3, -0.25) is 9.48 Å². The minimum absolute atomic E-state index is 0.00276. The second-order valence-corrected chi connectivity index (χ2v) is 6.48. The van der Waals surface area contributed by atoms with Gasteiger partial charge in [0.25, 0.3) is 0 Å². The van der Waals surface area contributed by atoms with Crippen LogP contribution in [-0.4, -0.2) is 27.1 Å². The fraction of sp³-hybridized carbons (Fsp3) is 0.200. The van der Waals surface area contributed by atoms with Crippen LogP contribution in [0.25, 0.3) is 11.1 Å². The van der Waals surface area contributed by atoms with E-state index in [1.807, 2.05) is 4.68 Å². The smallest absolute Gasteiger partial charge is 0.227 e. The first-order valence-corrected chi connectivity index (χ1v) is 8.53. The monoisotopic (exact) mass is 371 g/mol. The van der Waals surface area contributed by atoms with Crippen LogP contribution >= 0.6 is 0 Å². The van der Waals surface area contributed by atoms with Gasteiger partial charge in [-0.25, -0.2) is 13.2 Å². The highest BCUT2D eigenvalue weighted by molar-refractivity contribution is 5.79. The predicted octanol–water partition coefficient (Wildman–Crippen LogP) is 3.55. The molecule has 138 valence electrons. The molecule has 4 nitrogen and oxygen atoms in total. The lowest BCUT2D eigenvalue weighted by Crippen LogP contribution is -2.39. The zero-order valence-electron chi connectivity index (χ0n) is 14.3. The van der Waals surface area contributed by atoms with Crippen molar-refractivity contribution in [1.29, 1.82) is 0 Å². The molecule has 0 saturated heterocycles. The van der Waals surface area contributed by atoms with Crippen LogP contribution in [0.2, 0.25) is 0 Å². The molecule has 0 fully saturated rings. The standard InChI is InChI=1S/C20H16F3N3O/c21-15-4-2-14(3-5-15)16-11-24-26-8-7-25(12-19(16)26)20(27)10-13-1-6-17(22)18(23)9-13/h1-6,9,11H,7-8,10,12H2. The van der Waals surface area contributed by atoms with E-state index in [4.69, 9.17) is 0 Å². The molecule has 1 aromatic heterocycles. The Morgan fingerprint density at radius 3 is 2.52 bits per heavy atom. The summed E-state index contributed by atoms with van der Waals surface area (Å²) in [4.78, 5) is 14.3. The van der Waals surface area contributed by atoms with Gasteiger partial charge in [0.05, 0.1) is 31.4 Å². The summed E-state index contributed by atoms with van der Waals surface area (Å²) < 4.78 is 41.4. The van der Waals surface area contributed by atoms with Crippen LogP contribution < -0.4 is 0 Å². The number of nitrogens with zero attached hydrogens (tertiary/aromatic N) is 3. The number of halogens is 3. The number of carbonyl (C=O) groups excluding carboxylic acids is 1. The summed E-state index contributed by atoms with van der Waals surface area (Å²) in [6.45, 7) is 1.38. The molecule has 1 aliphatic heterocycles. The maximum Gasteiger partial charge on any atom is 0.227 e. The van der Waals surface area contributed by atoms with E-state index in [0.29, 0.717) is 25.2 Å². The third-order valence-electron chi connectivity index (χ3n) is 4.72. The summed E-state index contributed by atoms with van der Waals surface area (Å²) in [5, 5.41) is 4.35. The Morgan fingerprint density at radius 1 is 1.00 bits per heavy atom. The van der Waals surface area contributed by atoms with Crippen molar-refractivity contribution in [1.82, 2.24) is 14.7 Å². The highest BCUT2D eigenvalue weighted by Gasteiger charge is 2.24. The Kier molecular flexibility index (Phi) is 4.43. The SMILES string of the molecule is O=C(Cc1ccc(F)c(F)c1)N1CCn2ncc(-c3ccc(F)cc3)c2C1.